The van der Waals surface area contributed by atoms with Crippen LogP contribution in [0, 0.1) is 0 Å². The highest BCUT2D eigenvalue weighted by molar-refractivity contribution is 7.31. The summed E-state index contributed by atoms with van der Waals surface area (Å²) in [5.74, 6) is 0. The zero-order valence-corrected chi connectivity index (χ0v) is 3.84. The molecule has 1 aliphatic heterocycles. The van der Waals surface area contributed by atoms with Crippen molar-refractivity contribution in [2.24, 2.45) is 0 Å². The Morgan fingerprint density at radius 1 is 1.33 bits per heavy atom. The summed E-state index contributed by atoms with van der Waals surface area (Å²) in [4.78, 5) is 4.23. The van der Waals surface area contributed by atoms with Crippen molar-refractivity contribution in [3.05, 3.63) is 0 Å². The van der Waals surface area contributed by atoms with E-state index in [1.807, 2.05) is 0 Å². The molecular weight excluding hydrogens is 107 g/mol. The summed E-state index contributed by atoms with van der Waals surface area (Å²) in [5.41, 5.74) is 0. The Labute approximate surface area is 36.0 Å². The Balaban J connectivity index is 2.00. The zero-order chi connectivity index (χ0) is 4.24. The third-order valence-corrected chi connectivity index (χ3v) is 0.708. The van der Waals surface area contributed by atoms with Crippen LogP contribution in [0.2, 0.25) is 0 Å². The second-order valence-electron chi connectivity index (χ2n) is 0.626. The van der Waals surface area contributed by atoms with Gasteiger partial charge in [-0.1, -0.05) is 0 Å². The molecule has 0 spiro atoms. The van der Waals surface area contributed by atoms with Crippen LogP contribution in [0.5, 0.6) is 0 Å². The summed E-state index contributed by atoms with van der Waals surface area (Å²) >= 11 is 0. The summed E-state index contributed by atoms with van der Waals surface area (Å²) in [5, 5.41) is 7.71. The van der Waals surface area contributed by atoms with Gasteiger partial charge in [0.1, 0.15) is 6.35 Å². The predicted octanol–water partition coefficient (Wildman–Crippen LogP) is 0.362. The molecule has 36 valence electrons. The molecule has 0 saturated carbocycles. The lowest BCUT2D eigenvalue weighted by atomic mass is 11.7. The van der Waals surface area contributed by atoms with Crippen molar-refractivity contribution in [3.63, 3.8) is 0 Å². The molecule has 1 heterocycles. The van der Waals surface area contributed by atoms with Crippen LogP contribution in [0.25, 0.3) is 0 Å². The van der Waals surface area contributed by atoms with Gasteiger partial charge in [-0.2, -0.15) is 9.56 Å². The Morgan fingerprint density at radius 2 is 2.33 bits per heavy atom. The first-order valence-corrected chi connectivity index (χ1v) is 2.46. The Kier molecular flexibility index (Phi) is 1.80. The minimum atomic E-state index is 0.232. The lowest BCUT2D eigenvalue weighted by Gasteiger charge is -2.04. The highest BCUT2D eigenvalue weighted by Gasteiger charge is 1.97. The summed E-state index contributed by atoms with van der Waals surface area (Å²) in [7, 11) is 0.232. The minimum absolute atomic E-state index is 0.232. The van der Waals surface area contributed by atoms with Crippen LogP contribution in [0.15, 0.2) is 0 Å². The van der Waals surface area contributed by atoms with E-state index in [9.17, 15) is 0 Å². The summed E-state index contributed by atoms with van der Waals surface area (Å²) in [6.07, 6.45) is 0.458. The second kappa shape index (κ2) is 2.44. The van der Waals surface area contributed by atoms with Gasteiger partial charge in [-0.3, -0.25) is 0 Å². The van der Waals surface area contributed by atoms with Gasteiger partial charge in [0, 0.05) is 0 Å². The van der Waals surface area contributed by atoms with Crippen molar-refractivity contribution in [1.29, 1.82) is 0 Å². The van der Waals surface area contributed by atoms with Gasteiger partial charge in [0.2, 0.25) is 0 Å². The molecule has 1 fully saturated rings. The molecule has 0 bridgehead atoms. The van der Waals surface area contributed by atoms with Gasteiger partial charge in [0.15, 0.2) is 0 Å². The number of hydrogen-bond donors (Lipinski definition) is 0. The Hall–Kier alpha value is 0.270. The first kappa shape index (κ1) is 4.43. The van der Waals surface area contributed by atoms with E-state index in [4.69, 9.17) is 0 Å². The lowest BCUT2D eigenvalue weighted by Crippen LogP contribution is -1.98. The summed E-state index contributed by atoms with van der Waals surface area (Å²) in [6.45, 7) is 0. The molecule has 1 unspecified atom stereocenters. The molecular formula is CH3O4P. The van der Waals surface area contributed by atoms with Crippen LogP contribution in [-0.2, 0) is 19.6 Å². The van der Waals surface area contributed by atoms with Gasteiger partial charge in [0.25, 0.3) is 0 Å². The van der Waals surface area contributed by atoms with E-state index in [1.165, 1.54) is 0 Å². The predicted molar refractivity (Wildman–Crippen MR) is 17.5 cm³/mol. The molecule has 0 amide bonds. The van der Waals surface area contributed by atoms with E-state index < -0.39 is 0 Å². The van der Waals surface area contributed by atoms with Crippen LogP contribution in [0.3, 0.4) is 0 Å². The number of rotatable bonds is 0. The first-order chi connectivity index (χ1) is 3.00. The molecule has 4 nitrogen and oxygen atoms in total. The average Bonchev–Trinajstić information content (AvgIpc) is 1.72. The molecule has 5 heteroatoms. The topological polar surface area (TPSA) is 36.9 Å². The highest BCUT2D eigenvalue weighted by Crippen LogP contribution is 2.16. The van der Waals surface area contributed by atoms with Crippen LogP contribution >= 0.6 is 8.81 Å². The molecule has 0 aromatic carbocycles. The maximum absolute atomic E-state index is 4.25. The largest absolute Gasteiger partial charge is 0.197 e. The van der Waals surface area contributed by atoms with Crippen LogP contribution < -0.4 is 0 Å². The SMILES string of the molecule is C1OOOOP1. The van der Waals surface area contributed by atoms with E-state index in [2.05, 4.69) is 19.6 Å². The molecule has 0 aromatic heterocycles. The van der Waals surface area contributed by atoms with E-state index in [-0.39, 0.29) is 8.81 Å². The van der Waals surface area contributed by atoms with Crippen molar-refractivity contribution < 1.29 is 19.6 Å². The van der Waals surface area contributed by atoms with Gasteiger partial charge in [-0.15, -0.1) is 0 Å². The number of hydrogen-bond acceptors (Lipinski definition) is 4. The second-order valence-corrected chi connectivity index (χ2v) is 1.37. The molecule has 1 aliphatic rings. The smallest absolute Gasteiger partial charge is 0.130 e. The van der Waals surface area contributed by atoms with E-state index in [0.717, 1.165) is 0 Å². The molecule has 0 radical (unpaired) electrons. The van der Waals surface area contributed by atoms with Crippen molar-refractivity contribution in [2.75, 3.05) is 6.35 Å². The zero-order valence-electron chi connectivity index (χ0n) is 2.84. The van der Waals surface area contributed by atoms with Crippen molar-refractivity contribution >= 4 is 8.81 Å². The summed E-state index contributed by atoms with van der Waals surface area (Å²) < 4.78 is 4.25. The van der Waals surface area contributed by atoms with E-state index in [0.29, 0.717) is 6.35 Å². The van der Waals surface area contributed by atoms with Gasteiger partial charge in [-0.05, 0) is 10.1 Å². The third-order valence-electron chi connectivity index (χ3n) is 0.287. The van der Waals surface area contributed by atoms with Gasteiger partial charge in [-0.25, -0.2) is 0 Å². The maximum Gasteiger partial charge on any atom is 0.130 e. The quantitative estimate of drug-likeness (QED) is 0.333. The fourth-order valence-corrected chi connectivity index (χ4v) is 0.350. The summed E-state index contributed by atoms with van der Waals surface area (Å²) in [6, 6.07) is 0. The average molecular weight is 110 g/mol. The van der Waals surface area contributed by atoms with Gasteiger partial charge in [0.05, 0.1) is 8.81 Å². The van der Waals surface area contributed by atoms with Crippen molar-refractivity contribution in [3.8, 4) is 0 Å². The molecule has 0 aliphatic carbocycles. The van der Waals surface area contributed by atoms with Crippen molar-refractivity contribution in [1.82, 2.24) is 0 Å². The lowest BCUT2D eigenvalue weighted by molar-refractivity contribution is -0.614. The maximum atomic E-state index is 4.25. The van der Waals surface area contributed by atoms with E-state index in [1.54, 1.807) is 0 Å². The molecule has 0 aromatic rings. The van der Waals surface area contributed by atoms with Gasteiger partial charge >= 0.3 is 0 Å². The van der Waals surface area contributed by atoms with E-state index >= 15 is 0 Å². The molecule has 1 saturated heterocycles. The third kappa shape index (κ3) is 1.16. The molecule has 1 rings (SSSR count). The Bertz CT molecular complexity index is 23.0. The normalized spacial score (nSPS) is 28.0. The van der Waals surface area contributed by atoms with Crippen LogP contribution in [0.4, 0.5) is 0 Å². The standard InChI is InChI=1S/CH3O4P/c1-2-3-4-5-6-1/h6H,1H2. The fourth-order valence-electron chi connectivity index (χ4n) is 0.130. The Morgan fingerprint density at radius 3 is 2.50 bits per heavy atom. The first-order valence-electron chi connectivity index (χ1n) is 1.35. The van der Waals surface area contributed by atoms with Crippen molar-refractivity contribution in [2.45, 2.75) is 0 Å². The minimum Gasteiger partial charge on any atom is -0.197 e. The van der Waals surface area contributed by atoms with Crippen LogP contribution in [-0.4, -0.2) is 6.35 Å². The van der Waals surface area contributed by atoms with Gasteiger partial charge < -0.3 is 0 Å². The highest BCUT2D eigenvalue weighted by atomic mass is 31.1. The van der Waals surface area contributed by atoms with Crippen LogP contribution in [0.1, 0.15) is 0 Å². The molecule has 0 N–H and O–H groups in total. The molecule has 1 atom stereocenters. The fraction of sp³-hybridized carbons (Fsp3) is 1.00. The molecule has 6 heavy (non-hydrogen) atoms. The monoisotopic (exact) mass is 110 g/mol.